The summed E-state index contributed by atoms with van der Waals surface area (Å²) < 4.78 is 5.58. The first kappa shape index (κ1) is 14.9. The van der Waals surface area contributed by atoms with Crippen LogP contribution >= 0.6 is 0 Å². The van der Waals surface area contributed by atoms with Gasteiger partial charge >= 0.3 is 0 Å². The van der Waals surface area contributed by atoms with Crippen molar-refractivity contribution in [3.8, 4) is 0 Å². The fourth-order valence-electron chi connectivity index (χ4n) is 3.44. The molecule has 0 saturated carbocycles. The number of nitrogens with zero attached hydrogens (tertiary/aromatic N) is 3. The summed E-state index contributed by atoms with van der Waals surface area (Å²) in [5, 5.41) is 0.975. The number of amides is 1. The number of fused-ring (bicyclic) bond motifs is 1. The van der Waals surface area contributed by atoms with E-state index >= 15 is 0 Å². The molecule has 0 bridgehead atoms. The van der Waals surface area contributed by atoms with Crippen LogP contribution in [0, 0.1) is 6.92 Å². The Morgan fingerprint density at radius 2 is 2.21 bits per heavy atom. The van der Waals surface area contributed by atoms with Crippen molar-refractivity contribution >= 4 is 16.9 Å². The van der Waals surface area contributed by atoms with E-state index in [9.17, 15) is 4.79 Å². The molecule has 1 atom stereocenters. The predicted molar refractivity (Wildman–Crippen MR) is 90.9 cm³/mol. The van der Waals surface area contributed by atoms with Gasteiger partial charge in [0, 0.05) is 41.8 Å². The molecule has 1 saturated heterocycles. The van der Waals surface area contributed by atoms with Crippen LogP contribution < -0.4 is 0 Å². The maximum Gasteiger partial charge on any atom is 0.253 e. The van der Waals surface area contributed by atoms with Crippen LogP contribution in [0.3, 0.4) is 0 Å². The van der Waals surface area contributed by atoms with Gasteiger partial charge in [-0.25, -0.2) is 9.97 Å². The zero-order valence-corrected chi connectivity index (χ0v) is 13.6. The summed E-state index contributed by atoms with van der Waals surface area (Å²) in [6, 6.07) is 9.55. The van der Waals surface area contributed by atoms with Crippen LogP contribution in [0.2, 0.25) is 0 Å². The first-order chi connectivity index (χ1) is 11.7. The van der Waals surface area contributed by atoms with E-state index < -0.39 is 0 Å². The lowest BCUT2D eigenvalue weighted by atomic mass is 9.94. The Hall–Kier alpha value is -2.69. The number of hydrogen-bond donors (Lipinski definition) is 0. The van der Waals surface area contributed by atoms with Crippen LogP contribution in [-0.4, -0.2) is 33.9 Å². The van der Waals surface area contributed by atoms with Gasteiger partial charge in [-0.3, -0.25) is 4.79 Å². The SMILES string of the molecule is Cc1cc2cc(C(=O)N3CCC[C@@H](c4ccncn4)C3)ccc2o1. The molecule has 24 heavy (non-hydrogen) atoms. The largest absolute Gasteiger partial charge is 0.461 e. The number of furan rings is 1. The Morgan fingerprint density at radius 1 is 1.29 bits per heavy atom. The fraction of sp³-hybridized carbons (Fsp3) is 0.316. The Labute approximate surface area is 140 Å². The van der Waals surface area contributed by atoms with Crippen LogP contribution in [0.5, 0.6) is 0 Å². The molecule has 1 amide bonds. The molecule has 1 fully saturated rings. The monoisotopic (exact) mass is 321 g/mol. The number of hydrogen-bond acceptors (Lipinski definition) is 4. The van der Waals surface area contributed by atoms with Crippen LogP contribution in [0.25, 0.3) is 11.0 Å². The minimum absolute atomic E-state index is 0.0782. The van der Waals surface area contributed by atoms with E-state index in [1.54, 1.807) is 12.5 Å². The molecular weight excluding hydrogens is 302 g/mol. The highest BCUT2D eigenvalue weighted by molar-refractivity contribution is 5.98. The minimum atomic E-state index is 0.0782. The molecule has 3 aromatic rings. The molecule has 2 aromatic heterocycles. The normalized spacial score (nSPS) is 18.0. The number of rotatable bonds is 2. The van der Waals surface area contributed by atoms with Gasteiger partial charge in [-0.1, -0.05) is 0 Å². The van der Waals surface area contributed by atoms with Gasteiger partial charge in [0.15, 0.2) is 0 Å². The molecule has 0 unspecified atom stereocenters. The van der Waals surface area contributed by atoms with Gasteiger partial charge in [0.05, 0.1) is 0 Å². The lowest BCUT2D eigenvalue weighted by molar-refractivity contribution is 0.0706. The summed E-state index contributed by atoms with van der Waals surface area (Å²) >= 11 is 0. The average Bonchev–Trinajstić information content (AvgIpc) is 3.01. The molecule has 0 spiro atoms. The van der Waals surface area contributed by atoms with Gasteiger partial charge in [-0.05, 0) is 50.1 Å². The van der Waals surface area contributed by atoms with E-state index in [0.29, 0.717) is 12.1 Å². The molecular formula is C19H19N3O2. The molecule has 0 aliphatic carbocycles. The van der Waals surface area contributed by atoms with Gasteiger partial charge in [0.2, 0.25) is 0 Å². The highest BCUT2D eigenvalue weighted by Gasteiger charge is 2.26. The van der Waals surface area contributed by atoms with E-state index in [1.165, 1.54) is 0 Å². The van der Waals surface area contributed by atoms with E-state index in [0.717, 1.165) is 41.8 Å². The predicted octanol–water partition coefficient (Wildman–Crippen LogP) is 3.55. The molecule has 0 N–H and O–H groups in total. The lowest BCUT2D eigenvalue weighted by Crippen LogP contribution is -2.39. The van der Waals surface area contributed by atoms with Gasteiger partial charge in [0.25, 0.3) is 5.91 Å². The fourth-order valence-corrected chi connectivity index (χ4v) is 3.44. The van der Waals surface area contributed by atoms with Crippen LogP contribution in [0.1, 0.15) is 40.6 Å². The number of carbonyl (C=O) groups excluding carboxylic acids is 1. The van der Waals surface area contributed by atoms with E-state index in [2.05, 4.69) is 9.97 Å². The van der Waals surface area contributed by atoms with Crippen LogP contribution in [0.4, 0.5) is 0 Å². The summed E-state index contributed by atoms with van der Waals surface area (Å²) in [6.07, 6.45) is 5.39. The Bertz CT molecular complexity index is 873. The van der Waals surface area contributed by atoms with Crippen molar-refractivity contribution in [1.29, 1.82) is 0 Å². The first-order valence-electron chi connectivity index (χ1n) is 8.26. The molecule has 1 aliphatic heterocycles. The van der Waals surface area contributed by atoms with Crippen molar-refractivity contribution in [1.82, 2.24) is 14.9 Å². The zero-order chi connectivity index (χ0) is 16.5. The van der Waals surface area contributed by atoms with Crippen molar-refractivity contribution in [2.24, 2.45) is 0 Å². The maximum absolute atomic E-state index is 12.9. The number of piperidine rings is 1. The van der Waals surface area contributed by atoms with Crippen molar-refractivity contribution in [3.05, 3.63) is 59.9 Å². The standard InChI is InChI=1S/C19H19N3O2/c1-13-9-16-10-14(4-5-18(16)24-13)19(23)22-8-2-3-15(11-22)17-6-7-20-12-21-17/h4-7,9-10,12,15H,2-3,8,11H2,1H3/t15-/m1/s1. The highest BCUT2D eigenvalue weighted by Crippen LogP contribution is 2.27. The van der Waals surface area contributed by atoms with Gasteiger partial charge in [-0.2, -0.15) is 0 Å². The van der Waals surface area contributed by atoms with E-state index in [1.807, 2.05) is 42.2 Å². The number of likely N-dealkylation sites (tertiary alicyclic amines) is 1. The topological polar surface area (TPSA) is 59.2 Å². The van der Waals surface area contributed by atoms with Crippen molar-refractivity contribution in [2.75, 3.05) is 13.1 Å². The summed E-state index contributed by atoms with van der Waals surface area (Å²) in [5.41, 5.74) is 2.55. The third-order valence-corrected chi connectivity index (χ3v) is 4.62. The maximum atomic E-state index is 12.9. The van der Waals surface area contributed by atoms with Crippen LogP contribution in [-0.2, 0) is 0 Å². The number of aryl methyl sites for hydroxylation is 1. The molecule has 1 aromatic carbocycles. The highest BCUT2D eigenvalue weighted by atomic mass is 16.3. The van der Waals surface area contributed by atoms with Crippen molar-refractivity contribution in [2.45, 2.75) is 25.7 Å². The molecule has 0 radical (unpaired) electrons. The van der Waals surface area contributed by atoms with Gasteiger partial charge in [-0.15, -0.1) is 0 Å². The third kappa shape index (κ3) is 2.77. The second-order valence-electron chi connectivity index (χ2n) is 6.33. The smallest absolute Gasteiger partial charge is 0.253 e. The summed E-state index contributed by atoms with van der Waals surface area (Å²) in [4.78, 5) is 23.1. The third-order valence-electron chi connectivity index (χ3n) is 4.62. The second kappa shape index (κ2) is 6.07. The Kier molecular flexibility index (Phi) is 3.76. The lowest BCUT2D eigenvalue weighted by Gasteiger charge is -2.32. The van der Waals surface area contributed by atoms with Gasteiger partial charge in [0.1, 0.15) is 17.7 Å². The molecule has 122 valence electrons. The van der Waals surface area contributed by atoms with Crippen molar-refractivity contribution in [3.63, 3.8) is 0 Å². The quantitative estimate of drug-likeness (QED) is 0.724. The summed E-state index contributed by atoms with van der Waals surface area (Å²) in [7, 11) is 0. The Balaban J connectivity index is 1.56. The summed E-state index contributed by atoms with van der Waals surface area (Å²) in [6.45, 7) is 3.42. The number of carbonyl (C=O) groups is 1. The first-order valence-corrected chi connectivity index (χ1v) is 8.26. The number of benzene rings is 1. The van der Waals surface area contributed by atoms with Crippen LogP contribution in [0.15, 0.2) is 47.3 Å². The van der Waals surface area contributed by atoms with Gasteiger partial charge < -0.3 is 9.32 Å². The zero-order valence-electron chi connectivity index (χ0n) is 13.6. The molecule has 3 heterocycles. The van der Waals surface area contributed by atoms with Crippen molar-refractivity contribution < 1.29 is 9.21 Å². The molecule has 1 aliphatic rings. The van der Waals surface area contributed by atoms with E-state index in [4.69, 9.17) is 4.42 Å². The molecule has 5 nitrogen and oxygen atoms in total. The summed E-state index contributed by atoms with van der Waals surface area (Å²) in [5.74, 6) is 1.22. The molecule has 5 heteroatoms. The molecule has 4 rings (SSSR count). The second-order valence-corrected chi connectivity index (χ2v) is 6.33. The Morgan fingerprint density at radius 3 is 3.04 bits per heavy atom. The van der Waals surface area contributed by atoms with E-state index in [-0.39, 0.29) is 11.8 Å². The minimum Gasteiger partial charge on any atom is -0.461 e. The average molecular weight is 321 g/mol. The number of aromatic nitrogens is 2.